The molecule has 0 aromatic heterocycles. The molecule has 0 saturated heterocycles. The van der Waals surface area contributed by atoms with Gasteiger partial charge in [0.15, 0.2) is 5.96 Å². The molecule has 23 N–H and O–H groups in total. The minimum absolute atomic E-state index is 0.0172. The third kappa shape index (κ3) is 26.6. The third-order valence-corrected chi connectivity index (χ3v) is 13.0. The van der Waals surface area contributed by atoms with Gasteiger partial charge in [-0.25, -0.2) is 4.79 Å². The average Bonchev–Trinajstić information content (AvgIpc) is 3.46. The normalized spacial score (nSPS) is 14.4. The van der Waals surface area contributed by atoms with Crippen LogP contribution in [0.4, 0.5) is 0 Å². The number of phenols is 1. The number of aliphatic hydroxyl groups excluding tert-OH is 1. The van der Waals surface area contributed by atoms with Crippen molar-refractivity contribution in [2.45, 2.75) is 126 Å². The van der Waals surface area contributed by atoms with E-state index in [0.29, 0.717) is 5.56 Å². The minimum atomic E-state index is -1.95. The first-order valence-electron chi connectivity index (χ1n) is 26.2. The first-order valence-corrected chi connectivity index (χ1v) is 27.5. The number of carbonyl (C=O) groups is 13. The van der Waals surface area contributed by atoms with E-state index in [1.807, 2.05) is 0 Å². The molecule has 468 valence electrons. The SMILES string of the molecule is CC(C)[C@H](NC(=O)[C@H](CO)NC(=O)[C@H](CC(N)=O)NC(=O)[C@H](CS)NC(=O)[C@@H](N)Cc1ccccc1)C(=O)N[C@@H](CCC(=O)O)C(=O)N[C@@H](CC(N)=O)C(=O)N[C@@H](CCCN=C(N)N)C(=O)N[C@@H](CS)C(=O)N[C@@H](Cc1ccc(O)cc1)C(=O)O. The number of aliphatic carboxylic acids is 2. The Bertz CT molecular complexity index is 2710. The summed E-state index contributed by atoms with van der Waals surface area (Å²) in [4.78, 5) is 175. The molecule has 0 saturated carbocycles. The van der Waals surface area contributed by atoms with Gasteiger partial charge in [0.2, 0.25) is 65.0 Å². The zero-order chi connectivity index (χ0) is 64.1. The summed E-state index contributed by atoms with van der Waals surface area (Å²) in [5.74, 6) is -17.3. The quantitative estimate of drug-likeness (QED) is 0.0129. The molecule has 0 aliphatic rings. The van der Waals surface area contributed by atoms with Crippen LogP contribution in [0, 0.1) is 5.92 Å². The van der Waals surface area contributed by atoms with E-state index >= 15 is 0 Å². The Morgan fingerprint density at radius 3 is 1.38 bits per heavy atom. The number of phenolic OH excluding ortho intramolecular Hbond substituents is 1. The van der Waals surface area contributed by atoms with Gasteiger partial charge in [-0.3, -0.25) is 62.5 Å². The molecule has 0 spiro atoms. The highest BCUT2D eigenvalue weighted by Crippen LogP contribution is 2.13. The largest absolute Gasteiger partial charge is 0.508 e. The first kappa shape index (κ1) is 72.3. The molecule has 0 radical (unpaired) electrons. The van der Waals surface area contributed by atoms with Gasteiger partial charge in [0, 0.05) is 30.9 Å². The van der Waals surface area contributed by atoms with Crippen molar-refractivity contribution in [3.05, 3.63) is 65.7 Å². The molecule has 2 rings (SSSR count). The molecule has 0 unspecified atom stereocenters. The number of amides is 11. The second kappa shape index (κ2) is 36.7. The highest BCUT2D eigenvalue weighted by atomic mass is 32.1. The Labute approximate surface area is 498 Å². The molecular weight excluding hydrogens is 1160 g/mol. The number of thiol groups is 2. The number of carboxylic acids is 2. The van der Waals surface area contributed by atoms with Gasteiger partial charge >= 0.3 is 11.9 Å². The molecule has 34 heteroatoms. The second-order valence-electron chi connectivity index (χ2n) is 19.5. The van der Waals surface area contributed by atoms with Crippen LogP contribution in [-0.2, 0) is 75.2 Å². The summed E-state index contributed by atoms with van der Waals surface area (Å²) in [7, 11) is 0. The molecular formula is C51H75N15O17S2. The standard InChI is InChI=1S/C51H75N15O17S2/c1-24(2)40(66-46(78)34(21-67)63-45(77)32(20-38(54)70)61-47(79)35(22-84)64-41(73)28(52)17-25-7-4-3-5-8-25)49(81)59-30(14-15-39(71)72)43(75)60-31(19-37(53)69)44(76)58-29(9-6-16-57-51(55)56)42(74)65-36(23-85)48(80)62-33(50(82)83)18-26-10-12-27(68)13-11-26/h3-5,7-8,10-13,24,28-36,40,67-68,84-85H,6,9,14-23,52H2,1-2H3,(H2,53,69)(H2,54,70)(H,58,76)(H,59,81)(H,60,75)(H,61,79)(H,62,80)(H,63,77)(H,64,73)(H,65,74)(H,66,78)(H,71,72)(H,82,83)(H4,55,56,57)/t28-,29-,30-,31-,32-,33-,34-,35-,36-,40-/m0/s1. The van der Waals surface area contributed by atoms with E-state index in [0.717, 1.165) is 5.56 Å². The summed E-state index contributed by atoms with van der Waals surface area (Å²) in [5, 5.41) is 59.9. The number of primary amides is 2. The summed E-state index contributed by atoms with van der Waals surface area (Å²) >= 11 is 8.23. The maximum absolute atomic E-state index is 14.0. The number of aliphatic imine (C=N–C) groups is 1. The number of aromatic hydroxyl groups is 1. The van der Waals surface area contributed by atoms with Crippen LogP contribution < -0.4 is 76.5 Å². The fraction of sp³-hybridized carbons (Fsp3) is 0.490. The number of aliphatic hydroxyl groups is 1. The number of rotatable bonds is 38. The lowest BCUT2D eigenvalue weighted by molar-refractivity contribution is -0.142. The monoisotopic (exact) mass is 1230 g/mol. The number of carboxylic acid groups (broad SMARTS) is 2. The third-order valence-electron chi connectivity index (χ3n) is 12.3. The molecule has 32 nitrogen and oxygen atoms in total. The molecule has 0 fully saturated rings. The van der Waals surface area contributed by atoms with Crippen molar-refractivity contribution >= 4 is 108 Å². The highest BCUT2D eigenvalue weighted by molar-refractivity contribution is 7.80. The van der Waals surface area contributed by atoms with E-state index in [2.05, 4.69) is 78.1 Å². The lowest BCUT2D eigenvalue weighted by Gasteiger charge is -2.28. The average molecular weight is 1230 g/mol. The van der Waals surface area contributed by atoms with Crippen LogP contribution in [0.3, 0.4) is 0 Å². The van der Waals surface area contributed by atoms with Gasteiger partial charge in [0.05, 0.1) is 25.5 Å². The fourth-order valence-corrected chi connectivity index (χ4v) is 8.22. The van der Waals surface area contributed by atoms with Gasteiger partial charge in [-0.2, -0.15) is 25.3 Å². The van der Waals surface area contributed by atoms with E-state index in [-0.39, 0.29) is 49.7 Å². The van der Waals surface area contributed by atoms with Gasteiger partial charge in [-0.15, -0.1) is 0 Å². The Kier molecular flexibility index (Phi) is 31.3. The van der Waals surface area contributed by atoms with E-state index in [1.165, 1.54) is 38.1 Å². The maximum atomic E-state index is 14.0. The van der Waals surface area contributed by atoms with Crippen molar-refractivity contribution in [3.8, 4) is 5.75 Å². The van der Waals surface area contributed by atoms with Crippen LogP contribution in [-0.4, -0.2) is 188 Å². The van der Waals surface area contributed by atoms with Gasteiger partial charge in [-0.05, 0) is 54.9 Å². The van der Waals surface area contributed by atoms with Crippen molar-refractivity contribution < 1.29 is 82.8 Å². The van der Waals surface area contributed by atoms with Gasteiger partial charge in [0.1, 0.15) is 60.1 Å². The van der Waals surface area contributed by atoms with Crippen molar-refractivity contribution in [1.82, 2.24) is 47.9 Å². The number of nitrogens with two attached hydrogens (primary N) is 5. The van der Waals surface area contributed by atoms with Crippen molar-refractivity contribution in [2.75, 3.05) is 24.7 Å². The smallest absolute Gasteiger partial charge is 0.326 e. The zero-order valence-electron chi connectivity index (χ0n) is 46.4. The summed E-state index contributed by atoms with van der Waals surface area (Å²) in [6.07, 6.45) is -3.73. The van der Waals surface area contributed by atoms with E-state index in [4.69, 9.17) is 28.7 Å². The number of benzene rings is 2. The minimum Gasteiger partial charge on any atom is -0.508 e. The number of hydrogen-bond acceptors (Lipinski definition) is 19. The van der Waals surface area contributed by atoms with E-state index < -0.39 is 181 Å². The maximum Gasteiger partial charge on any atom is 0.326 e. The molecule has 0 aliphatic carbocycles. The molecule has 0 bridgehead atoms. The number of carbonyl (C=O) groups excluding carboxylic acids is 11. The molecule has 0 aliphatic heterocycles. The van der Waals surface area contributed by atoms with E-state index in [1.54, 1.807) is 30.3 Å². The summed E-state index contributed by atoms with van der Waals surface area (Å²) in [6.45, 7) is 1.59. The Hall–Kier alpha value is -8.76. The number of guanidine groups is 1. The van der Waals surface area contributed by atoms with Gasteiger partial charge < -0.3 is 96.9 Å². The molecule has 0 heterocycles. The number of nitrogens with zero attached hydrogens (tertiary/aromatic N) is 1. The number of nitrogens with one attached hydrogen (secondary N) is 9. The number of hydrogen-bond donors (Lipinski definition) is 20. The molecule has 85 heavy (non-hydrogen) atoms. The lowest BCUT2D eigenvalue weighted by Crippen LogP contribution is -2.62. The molecule has 2 aromatic carbocycles. The van der Waals surface area contributed by atoms with Crippen LogP contribution >= 0.6 is 25.3 Å². The predicted molar refractivity (Wildman–Crippen MR) is 309 cm³/mol. The molecule has 10 atom stereocenters. The topological polar surface area (TPSA) is 554 Å². The van der Waals surface area contributed by atoms with Crippen LogP contribution in [0.15, 0.2) is 59.6 Å². The fourth-order valence-electron chi connectivity index (χ4n) is 7.70. The Morgan fingerprint density at radius 2 is 0.918 bits per heavy atom. The summed E-state index contributed by atoms with van der Waals surface area (Å²) in [6, 6.07) is -2.21. The Balaban J connectivity index is 2.33. The first-order chi connectivity index (χ1) is 40.0. The second-order valence-corrected chi connectivity index (χ2v) is 20.2. The van der Waals surface area contributed by atoms with Crippen molar-refractivity contribution in [3.63, 3.8) is 0 Å². The highest BCUT2D eigenvalue weighted by Gasteiger charge is 2.37. The molecule has 2 aromatic rings. The molecule has 11 amide bonds. The Morgan fingerprint density at radius 1 is 0.506 bits per heavy atom. The van der Waals surface area contributed by atoms with Crippen LogP contribution in [0.1, 0.15) is 63.5 Å². The van der Waals surface area contributed by atoms with Crippen molar-refractivity contribution in [2.24, 2.45) is 39.6 Å². The summed E-state index contributed by atoms with van der Waals surface area (Å²) < 4.78 is 0. The predicted octanol–water partition coefficient (Wildman–Crippen LogP) is -6.87. The van der Waals surface area contributed by atoms with Crippen LogP contribution in [0.25, 0.3) is 0 Å². The van der Waals surface area contributed by atoms with Crippen molar-refractivity contribution in [1.29, 1.82) is 0 Å². The van der Waals surface area contributed by atoms with Gasteiger partial charge in [0.25, 0.3) is 0 Å². The lowest BCUT2D eigenvalue weighted by atomic mass is 10.0. The van der Waals surface area contributed by atoms with Gasteiger partial charge in [-0.1, -0.05) is 56.3 Å². The van der Waals surface area contributed by atoms with Crippen LogP contribution in [0.5, 0.6) is 5.75 Å². The zero-order valence-corrected chi connectivity index (χ0v) is 48.1. The van der Waals surface area contributed by atoms with E-state index in [9.17, 15) is 82.8 Å². The summed E-state index contributed by atoms with van der Waals surface area (Å²) in [5.41, 5.74) is 28.8. The van der Waals surface area contributed by atoms with Crippen LogP contribution in [0.2, 0.25) is 0 Å².